The van der Waals surface area contributed by atoms with Gasteiger partial charge in [-0.15, -0.1) is 0 Å². The molecular weight excluding hydrogens is 314 g/mol. The van der Waals surface area contributed by atoms with Crippen molar-refractivity contribution in [3.8, 4) is 11.5 Å². The van der Waals surface area contributed by atoms with Crippen molar-refractivity contribution in [1.82, 2.24) is 4.90 Å². The summed E-state index contributed by atoms with van der Waals surface area (Å²) in [6.45, 7) is 6.99. The molecule has 0 spiro atoms. The summed E-state index contributed by atoms with van der Waals surface area (Å²) in [5, 5.41) is 0. The van der Waals surface area contributed by atoms with Crippen molar-refractivity contribution >= 4 is 5.91 Å². The highest BCUT2D eigenvalue weighted by molar-refractivity contribution is 5.77. The highest BCUT2D eigenvalue weighted by Crippen LogP contribution is 2.24. The normalized spacial score (nSPS) is 11.1. The van der Waals surface area contributed by atoms with Gasteiger partial charge in [0.2, 0.25) is 0 Å². The molecule has 0 atom stereocenters. The Kier molecular flexibility index (Phi) is 6.07. The Labute approximate surface area is 150 Å². The molecule has 0 fully saturated rings. The molecule has 0 aliphatic heterocycles. The first kappa shape index (κ1) is 18.8. The summed E-state index contributed by atoms with van der Waals surface area (Å²) < 4.78 is 11.0. The third-order valence-corrected chi connectivity index (χ3v) is 4.11. The summed E-state index contributed by atoms with van der Waals surface area (Å²) in [7, 11) is 3.39. The fourth-order valence-corrected chi connectivity index (χ4v) is 2.48. The number of hydrogen-bond donors (Lipinski definition) is 0. The Morgan fingerprint density at radius 1 is 1.04 bits per heavy atom. The highest BCUT2D eigenvalue weighted by Gasteiger charge is 2.15. The van der Waals surface area contributed by atoms with Crippen molar-refractivity contribution in [3.63, 3.8) is 0 Å². The second-order valence-electron chi connectivity index (χ2n) is 7.12. The fraction of sp³-hybridized carbons (Fsp3) is 0.381. The number of methoxy groups -OCH3 is 1. The summed E-state index contributed by atoms with van der Waals surface area (Å²) in [4.78, 5) is 13.9. The molecule has 0 aliphatic carbocycles. The topological polar surface area (TPSA) is 38.8 Å². The van der Waals surface area contributed by atoms with E-state index in [0.717, 1.165) is 11.3 Å². The number of ether oxygens (including phenoxy) is 2. The second kappa shape index (κ2) is 8.06. The predicted molar refractivity (Wildman–Crippen MR) is 100 cm³/mol. The van der Waals surface area contributed by atoms with Crippen LogP contribution in [0.4, 0.5) is 0 Å². The van der Waals surface area contributed by atoms with Crippen molar-refractivity contribution in [2.45, 2.75) is 32.7 Å². The maximum Gasteiger partial charge on any atom is 0.260 e. The molecule has 0 heterocycles. The highest BCUT2D eigenvalue weighted by atomic mass is 16.5. The lowest BCUT2D eigenvalue weighted by Crippen LogP contribution is -2.31. The van der Waals surface area contributed by atoms with E-state index in [4.69, 9.17) is 9.47 Å². The first-order chi connectivity index (χ1) is 11.8. The minimum atomic E-state index is -0.0780. The molecule has 1 amide bonds. The lowest BCUT2D eigenvalue weighted by molar-refractivity contribution is -0.132. The second-order valence-corrected chi connectivity index (χ2v) is 7.12. The van der Waals surface area contributed by atoms with Gasteiger partial charge < -0.3 is 14.4 Å². The molecule has 0 saturated carbocycles. The van der Waals surface area contributed by atoms with Crippen LogP contribution in [-0.2, 0) is 16.8 Å². The van der Waals surface area contributed by atoms with Crippen molar-refractivity contribution in [3.05, 3.63) is 59.7 Å². The molecule has 2 rings (SSSR count). The van der Waals surface area contributed by atoms with E-state index in [1.807, 2.05) is 48.5 Å². The number of carbonyl (C=O) groups excluding carboxylic acids is 1. The average Bonchev–Trinajstić information content (AvgIpc) is 2.59. The Bertz CT molecular complexity index is 702. The minimum Gasteiger partial charge on any atom is -0.496 e. The van der Waals surface area contributed by atoms with Gasteiger partial charge in [0.25, 0.3) is 5.91 Å². The third kappa shape index (κ3) is 5.24. The van der Waals surface area contributed by atoms with E-state index in [2.05, 4.69) is 20.8 Å². The van der Waals surface area contributed by atoms with E-state index in [0.29, 0.717) is 12.3 Å². The molecule has 0 N–H and O–H groups in total. The number of rotatable bonds is 6. The molecule has 0 aromatic heterocycles. The van der Waals surface area contributed by atoms with Gasteiger partial charge in [0, 0.05) is 19.2 Å². The maximum absolute atomic E-state index is 12.3. The zero-order valence-electron chi connectivity index (χ0n) is 15.7. The summed E-state index contributed by atoms with van der Waals surface area (Å²) in [6.07, 6.45) is 0. The van der Waals surface area contributed by atoms with E-state index in [1.165, 1.54) is 5.56 Å². The monoisotopic (exact) mass is 341 g/mol. The summed E-state index contributed by atoms with van der Waals surface area (Å²) >= 11 is 0. The molecule has 0 saturated heterocycles. The maximum atomic E-state index is 12.3. The lowest BCUT2D eigenvalue weighted by atomic mass is 9.87. The van der Waals surface area contributed by atoms with Gasteiger partial charge in [0.15, 0.2) is 6.61 Å². The van der Waals surface area contributed by atoms with Gasteiger partial charge in [0.1, 0.15) is 11.5 Å². The fourth-order valence-electron chi connectivity index (χ4n) is 2.48. The van der Waals surface area contributed by atoms with E-state index in [-0.39, 0.29) is 17.9 Å². The molecule has 134 valence electrons. The van der Waals surface area contributed by atoms with Crippen LogP contribution >= 0.6 is 0 Å². The largest absolute Gasteiger partial charge is 0.496 e. The molecule has 4 heteroatoms. The number of para-hydroxylation sites is 1. The first-order valence-corrected chi connectivity index (χ1v) is 8.40. The van der Waals surface area contributed by atoms with E-state index >= 15 is 0 Å². The number of benzene rings is 2. The van der Waals surface area contributed by atoms with Gasteiger partial charge in [-0.25, -0.2) is 0 Å². The van der Waals surface area contributed by atoms with Crippen molar-refractivity contribution in [2.75, 3.05) is 20.8 Å². The van der Waals surface area contributed by atoms with E-state index in [1.54, 1.807) is 19.1 Å². The van der Waals surface area contributed by atoms with Gasteiger partial charge in [0.05, 0.1) is 7.11 Å². The third-order valence-electron chi connectivity index (χ3n) is 4.11. The molecule has 4 nitrogen and oxygen atoms in total. The summed E-state index contributed by atoms with van der Waals surface area (Å²) in [5.41, 5.74) is 2.30. The predicted octanol–water partition coefficient (Wildman–Crippen LogP) is 4.03. The number of likely N-dealkylation sites (N-methyl/N-ethyl adjacent to an activating group) is 1. The molecule has 2 aromatic rings. The van der Waals surface area contributed by atoms with Crippen molar-refractivity contribution in [1.29, 1.82) is 0 Å². The minimum absolute atomic E-state index is 0.0144. The standard InChI is InChI=1S/C21H27NO3/c1-21(2,3)17-10-12-18(13-11-17)25-15-20(23)22(4)14-16-8-6-7-9-19(16)24-5/h6-13H,14-15H2,1-5H3. The smallest absolute Gasteiger partial charge is 0.260 e. The number of nitrogens with zero attached hydrogens (tertiary/aromatic N) is 1. The van der Waals surface area contributed by atoms with Gasteiger partial charge in [-0.3, -0.25) is 4.79 Å². The summed E-state index contributed by atoms with van der Waals surface area (Å²) in [5.74, 6) is 1.40. The van der Waals surface area contributed by atoms with Crippen LogP contribution in [-0.4, -0.2) is 31.6 Å². The van der Waals surface area contributed by atoms with Crippen LogP contribution in [0, 0.1) is 0 Å². The molecular formula is C21H27NO3. The molecule has 0 aliphatic rings. The zero-order chi connectivity index (χ0) is 18.4. The van der Waals surface area contributed by atoms with E-state index in [9.17, 15) is 4.79 Å². The molecule has 0 unspecified atom stereocenters. The van der Waals surface area contributed by atoms with Crippen LogP contribution in [0.2, 0.25) is 0 Å². The van der Waals surface area contributed by atoms with Crippen LogP contribution in [0.5, 0.6) is 11.5 Å². The van der Waals surface area contributed by atoms with Crippen LogP contribution in [0.1, 0.15) is 31.9 Å². The average molecular weight is 341 g/mol. The first-order valence-electron chi connectivity index (χ1n) is 8.40. The zero-order valence-corrected chi connectivity index (χ0v) is 15.7. The Balaban J connectivity index is 1.91. The molecule has 0 radical (unpaired) electrons. The van der Waals surface area contributed by atoms with Crippen LogP contribution < -0.4 is 9.47 Å². The van der Waals surface area contributed by atoms with Crippen LogP contribution in [0.15, 0.2) is 48.5 Å². The van der Waals surface area contributed by atoms with Crippen molar-refractivity contribution < 1.29 is 14.3 Å². The molecule has 2 aromatic carbocycles. The quantitative estimate of drug-likeness (QED) is 0.796. The molecule has 0 bridgehead atoms. The SMILES string of the molecule is COc1ccccc1CN(C)C(=O)COc1ccc(C(C)(C)C)cc1. The number of carbonyl (C=O) groups is 1. The van der Waals surface area contributed by atoms with E-state index < -0.39 is 0 Å². The molecule has 25 heavy (non-hydrogen) atoms. The number of amides is 1. The van der Waals surface area contributed by atoms with Gasteiger partial charge in [-0.05, 0) is 29.2 Å². The van der Waals surface area contributed by atoms with Gasteiger partial charge >= 0.3 is 0 Å². The lowest BCUT2D eigenvalue weighted by Gasteiger charge is -2.20. The summed E-state index contributed by atoms with van der Waals surface area (Å²) in [6, 6.07) is 15.6. The number of hydrogen-bond acceptors (Lipinski definition) is 3. The Morgan fingerprint density at radius 3 is 2.28 bits per heavy atom. The van der Waals surface area contributed by atoms with Gasteiger partial charge in [-0.2, -0.15) is 0 Å². The Morgan fingerprint density at radius 2 is 1.68 bits per heavy atom. The Hall–Kier alpha value is -2.49. The van der Waals surface area contributed by atoms with Gasteiger partial charge in [-0.1, -0.05) is 51.1 Å². The van der Waals surface area contributed by atoms with Crippen molar-refractivity contribution in [2.24, 2.45) is 0 Å². The van der Waals surface area contributed by atoms with Crippen LogP contribution in [0.25, 0.3) is 0 Å². The van der Waals surface area contributed by atoms with Crippen LogP contribution in [0.3, 0.4) is 0 Å².